The summed E-state index contributed by atoms with van der Waals surface area (Å²) >= 11 is 0. The van der Waals surface area contributed by atoms with E-state index < -0.39 is 0 Å². The lowest BCUT2D eigenvalue weighted by Gasteiger charge is -2.40. The van der Waals surface area contributed by atoms with Crippen LogP contribution in [-0.2, 0) is 9.53 Å². The number of hydrogen-bond acceptors (Lipinski definition) is 6. The second-order valence-corrected chi connectivity index (χ2v) is 9.59. The zero-order chi connectivity index (χ0) is 20.6. The van der Waals surface area contributed by atoms with Crippen molar-refractivity contribution in [2.24, 2.45) is 17.8 Å². The third-order valence-corrected chi connectivity index (χ3v) is 7.25. The van der Waals surface area contributed by atoms with Gasteiger partial charge in [-0.05, 0) is 77.3 Å². The van der Waals surface area contributed by atoms with Crippen molar-refractivity contribution in [3.05, 3.63) is 0 Å². The molecule has 3 rings (SSSR count). The van der Waals surface area contributed by atoms with Gasteiger partial charge in [0.2, 0.25) is 5.91 Å². The van der Waals surface area contributed by atoms with E-state index in [-0.39, 0.29) is 18.1 Å². The molecule has 7 heteroatoms. The highest BCUT2D eigenvalue weighted by molar-refractivity contribution is 5.78. The van der Waals surface area contributed by atoms with Crippen LogP contribution in [0.4, 0.5) is 0 Å². The highest BCUT2D eigenvalue weighted by atomic mass is 16.5. The summed E-state index contributed by atoms with van der Waals surface area (Å²) in [5, 5.41) is 14.2. The number of carbonyl (C=O) groups excluding carboxylic acids is 1. The van der Waals surface area contributed by atoms with Crippen LogP contribution in [0.2, 0.25) is 0 Å². The maximum atomic E-state index is 12.3. The summed E-state index contributed by atoms with van der Waals surface area (Å²) in [5.74, 6) is 1.98. The van der Waals surface area contributed by atoms with E-state index >= 15 is 0 Å². The Bertz CT molecular complexity index is 480. The lowest BCUT2D eigenvalue weighted by Crippen LogP contribution is -2.63. The van der Waals surface area contributed by atoms with Crippen molar-refractivity contribution in [2.45, 2.75) is 69.8 Å². The maximum Gasteiger partial charge on any atom is 0.223 e. The Morgan fingerprint density at radius 3 is 2.21 bits per heavy atom. The molecule has 1 aliphatic heterocycles. The molecule has 1 amide bonds. The molecule has 0 unspecified atom stereocenters. The van der Waals surface area contributed by atoms with Crippen LogP contribution in [0, 0.1) is 17.8 Å². The molecule has 1 saturated heterocycles. The standard InChI is InChI=1S/C22H43N5O2/c1-27(2)13-12-23-21(28)17-4-8-19(9-5-17)26-22-24-14-18(15-25-22)16-6-10-20(29-3)11-7-16/h16-20,22,24-26H,4-15H2,1-3H3,(H,23,28). The Balaban J connectivity index is 1.29. The smallest absolute Gasteiger partial charge is 0.223 e. The molecule has 4 N–H and O–H groups in total. The van der Waals surface area contributed by atoms with Crippen LogP contribution in [-0.4, -0.2) is 76.6 Å². The van der Waals surface area contributed by atoms with Gasteiger partial charge in [-0.2, -0.15) is 0 Å². The first kappa shape index (κ1) is 22.9. The fourth-order valence-electron chi connectivity index (χ4n) is 5.23. The Morgan fingerprint density at radius 2 is 1.62 bits per heavy atom. The molecule has 2 aliphatic carbocycles. The number of methoxy groups -OCH3 is 1. The van der Waals surface area contributed by atoms with Crippen LogP contribution >= 0.6 is 0 Å². The van der Waals surface area contributed by atoms with E-state index in [1.54, 1.807) is 0 Å². The van der Waals surface area contributed by atoms with Crippen LogP contribution in [0.25, 0.3) is 0 Å². The van der Waals surface area contributed by atoms with Crippen LogP contribution in [0.3, 0.4) is 0 Å². The lowest BCUT2D eigenvalue weighted by molar-refractivity contribution is -0.126. The highest BCUT2D eigenvalue weighted by Gasteiger charge is 2.32. The zero-order valence-electron chi connectivity index (χ0n) is 18.7. The van der Waals surface area contributed by atoms with Gasteiger partial charge in [0.1, 0.15) is 6.29 Å². The zero-order valence-corrected chi connectivity index (χ0v) is 18.7. The van der Waals surface area contributed by atoms with Gasteiger partial charge in [0.25, 0.3) is 0 Å². The number of nitrogens with one attached hydrogen (secondary N) is 4. The van der Waals surface area contributed by atoms with Gasteiger partial charge >= 0.3 is 0 Å². The Labute approximate surface area is 177 Å². The molecule has 1 heterocycles. The van der Waals surface area contributed by atoms with Gasteiger partial charge in [-0.3, -0.25) is 20.7 Å². The summed E-state index contributed by atoms with van der Waals surface area (Å²) in [7, 11) is 5.91. The summed E-state index contributed by atoms with van der Waals surface area (Å²) in [6, 6.07) is 0.500. The molecule has 2 saturated carbocycles. The van der Waals surface area contributed by atoms with Crippen LogP contribution in [0.5, 0.6) is 0 Å². The van der Waals surface area contributed by atoms with Gasteiger partial charge in [-0.25, -0.2) is 0 Å². The van der Waals surface area contributed by atoms with Crippen molar-refractivity contribution >= 4 is 5.91 Å². The Kier molecular flexibility index (Phi) is 9.18. The molecule has 0 aromatic carbocycles. The van der Waals surface area contributed by atoms with E-state index in [1.165, 1.54) is 25.7 Å². The first-order chi connectivity index (χ1) is 14.0. The number of ether oxygens (including phenoxy) is 1. The summed E-state index contributed by atoms with van der Waals surface area (Å²) in [5.41, 5.74) is 0. The van der Waals surface area contributed by atoms with Gasteiger partial charge in [-0.1, -0.05) is 0 Å². The van der Waals surface area contributed by atoms with Crippen molar-refractivity contribution in [3.63, 3.8) is 0 Å². The minimum atomic E-state index is 0.189. The van der Waals surface area contributed by atoms with Crippen molar-refractivity contribution in [1.82, 2.24) is 26.2 Å². The number of nitrogens with zero attached hydrogens (tertiary/aromatic N) is 1. The van der Waals surface area contributed by atoms with Crippen LogP contribution in [0.15, 0.2) is 0 Å². The molecule has 0 aromatic heterocycles. The molecule has 0 atom stereocenters. The van der Waals surface area contributed by atoms with Gasteiger partial charge < -0.3 is 15.0 Å². The summed E-state index contributed by atoms with van der Waals surface area (Å²) in [6.07, 6.45) is 9.85. The third kappa shape index (κ3) is 7.17. The van der Waals surface area contributed by atoms with Crippen molar-refractivity contribution in [3.8, 4) is 0 Å². The lowest BCUT2D eigenvalue weighted by atomic mass is 9.78. The summed E-state index contributed by atoms with van der Waals surface area (Å²) in [4.78, 5) is 14.4. The highest BCUT2D eigenvalue weighted by Crippen LogP contribution is 2.32. The van der Waals surface area contributed by atoms with Gasteiger partial charge in [0, 0.05) is 45.2 Å². The molecular formula is C22H43N5O2. The normalized spacial score (nSPS) is 36.1. The topological polar surface area (TPSA) is 77.7 Å². The second-order valence-electron chi connectivity index (χ2n) is 9.59. The molecule has 7 nitrogen and oxygen atoms in total. The number of likely N-dealkylation sites (N-methyl/N-ethyl adjacent to an activating group) is 1. The second kappa shape index (κ2) is 11.6. The number of rotatable bonds is 8. The summed E-state index contributed by atoms with van der Waals surface area (Å²) < 4.78 is 5.51. The number of hydrogen-bond donors (Lipinski definition) is 4. The fraction of sp³-hybridized carbons (Fsp3) is 0.955. The molecule has 29 heavy (non-hydrogen) atoms. The van der Waals surface area contributed by atoms with E-state index in [0.29, 0.717) is 12.1 Å². The molecule has 0 radical (unpaired) electrons. The number of amides is 1. The summed E-state index contributed by atoms with van der Waals surface area (Å²) in [6.45, 7) is 3.83. The largest absolute Gasteiger partial charge is 0.381 e. The van der Waals surface area contributed by atoms with Crippen LogP contribution in [0.1, 0.15) is 51.4 Å². The third-order valence-electron chi connectivity index (χ3n) is 7.25. The fourth-order valence-corrected chi connectivity index (χ4v) is 5.23. The van der Waals surface area contributed by atoms with E-state index in [4.69, 9.17) is 4.74 Å². The number of carbonyl (C=O) groups is 1. The maximum absolute atomic E-state index is 12.3. The monoisotopic (exact) mass is 409 g/mol. The molecule has 3 aliphatic rings. The van der Waals surface area contributed by atoms with E-state index in [0.717, 1.165) is 63.7 Å². The average molecular weight is 410 g/mol. The molecule has 0 aromatic rings. The quantitative estimate of drug-likeness (QED) is 0.481. The van der Waals surface area contributed by atoms with E-state index in [2.05, 4.69) is 26.2 Å². The minimum Gasteiger partial charge on any atom is -0.381 e. The first-order valence-corrected chi connectivity index (χ1v) is 11.7. The van der Waals surface area contributed by atoms with Crippen molar-refractivity contribution in [2.75, 3.05) is 47.4 Å². The SMILES string of the molecule is COC1CCC(C2CNC(NC3CCC(C(=O)NCCN(C)C)CC3)NC2)CC1. The Morgan fingerprint density at radius 1 is 0.966 bits per heavy atom. The van der Waals surface area contributed by atoms with Crippen molar-refractivity contribution in [1.29, 1.82) is 0 Å². The van der Waals surface area contributed by atoms with Gasteiger partial charge in [0.15, 0.2) is 0 Å². The molecule has 3 fully saturated rings. The van der Waals surface area contributed by atoms with E-state index in [9.17, 15) is 4.79 Å². The molecule has 168 valence electrons. The molecule has 0 spiro atoms. The van der Waals surface area contributed by atoms with Crippen molar-refractivity contribution < 1.29 is 9.53 Å². The van der Waals surface area contributed by atoms with Gasteiger partial charge in [-0.15, -0.1) is 0 Å². The average Bonchev–Trinajstić information content (AvgIpc) is 2.74. The molecule has 0 bridgehead atoms. The predicted octanol–water partition coefficient (Wildman–Crippen LogP) is 1.11. The Hall–Kier alpha value is -0.730. The van der Waals surface area contributed by atoms with Crippen LogP contribution < -0.4 is 21.3 Å². The predicted molar refractivity (Wildman–Crippen MR) is 116 cm³/mol. The van der Waals surface area contributed by atoms with Gasteiger partial charge in [0.05, 0.1) is 6.10 Å². The van der Waals surface area contributed by atoms with E-state index in [1.807, 2.05) is 21.2 Å². The minimum absolute atomic E-state index is 0.189. The first-order valence-electron chi connectivity index (χ1n) is 11.7. The molecular weight excluding hydrogens is 366 g/mol.